The largest absolute Gasteiger partial charge is 0.444 e. The highest BCUT2D eigenvalue weighted by atomic mass is 28.3. The molecule has 2 unspecified atom stereocenters. The van der Waals surface area contributed by atoms with E-state index < -0.39 is 13.7 Å². The predicted octanol–water partition coefficient (Wildman–Crippen LogP) is 3.26. The second-order valence-electron chi connectivity index (χ2n) is 10.6. The third-order valence-electron chi connectivity index (χ3n) is 5.31. The van der Waals surface area contributed by atoms with Gasteiger partial charge in [-0.3, -0.25) is 4.79 Å². The molecule has 0 spiro atoms. The lowest BCUT2D eigenvalue weighted by molar-refractivity contribution is -0.0173. The quantitative estimate of drug-likeness (QED) is 0.465. The van der Waals surface area contributed by atoms with E-state index in [2.05, 4.69) is 29.9 Å². The molecule has 0 radical (unpaired) electrons. The fourth-order valence-corrected chi connectivity index (χ4v) is 4.14. The van der Waals surface area contributed by atoms with Crippen LogP contribution in [0.2, 0.25) is 25.7 Å². The second kappa shape index (κ2) is 10.8. The molecule has 10 heteroatoms. The van der Waals surface area contributed by atoms with E-state index in [-0.39, 0.29) is 24.1 Å². The predicted molar refractivity (Wildman–Crippen MR) is 126 cm³/mol. The number of piperidine rings is 1. The number of amides is 2. The van der Waals surface area contributed by atoms with Crippen molar-refractivity contribution in [3.8, 4) is 0 Å². The highest BCUT2D eigenvalue weighted by molar-refractivity contribution is 6.76. The van der Waals surface area contributed by atoms with Gasteiger partial charge in [-0.15, -0.1) is 0 Å². The van der Waals surface area contributed by atoms with Crippen molar-refractivity contribution in [1.29, 1.82) is 0 Å². The van der Waals surface area contributed by atoms with Gasteiger partial charge in [0.05, 0.1) is 18.7 Å². The van der Waals surface area contributed by atoms with Crippen molar-refractivity contribution in [1.82, 2.24) is 19.8 Å². The summed E-state index contributed by atoms with van der Waals surface area (Å²) >= 11 is 0. The van der Waals surface area contributed by atoms with Crippen LogP contribution in [0, 0.1) is 6.92 Å². The van der Waals surface area contributed by atoms with Crippen LogP contribution in [0.1, 0.15) is 43.5 Å². The summed E-state index contributed by atoms with van der Waals surface area (Å²) in [5, 5.41) is 3.04. The van der Waals surface area contributed by atoms with Crippen molar-refractivity contribution >= 4 is 20.1 Å². The van der Waals surface area contributed by atoms with Gasteiger partial charge in [-0.25, -0.2) is 9.78 Å². The molecule has 1 aromatic rings. The van der Waals surface area contributed by atoms with Crippen LogP contribution in [0.15, 0.2) is 6.20 Å². The minimum Gasteiger partial charge on any atom is -0.444 e. The van der Waals surface area contributed by atoms with E-state index in [1.54, 1.807) is 22.8 Å². The lowest BCUT2D eigenvalue weighted by Crippen LogP contribution is -2.56. The van der Waals surface area contributed by atoms with Crippen molar-refractivity contribution in [2.24, 2.45) is 0 Å². The van der Waals surface area contributed by atoms with Crippen molar-refractivity contribution < 1.29 is 23.8 Å². The molecule has 2 atom stereocenters. The molecule has 2 heterocycles. The topological polar surface area (TPSA) is 94.9 Å². The number of methoxy groups -OCH3 is 1. The highest BCUT2D eigenvalue weighted by Crippen LogP contribution is 2.18. The molecule has 2 rings (SSSR count). The minimum absolute atomic E-state index is 0.232. The van der Waals surface area contributed by atoms with Crippen molar-refractivity contribution in [3.05, 3.63) is 17.7 Å². The Morgan fingerprint density at radius 2 is 1.97 bits per heavy atom. The first-order chi connectivity index (χ1) is 14.8. The Bertz CT molecular complexity index is 784. The SMILES string of the molecule is COC1CN(C(=O)OC(C)(C)C)CCC1NC(=O)c1ncc(C)n1COCC[Si](C)(C)C. The average molecular weight is 469 g/mol. The Kier molecular flexibility index (Phi) is 8.89. The summed E-state index contributed by atoms with van der Waals surface area (Å²) in [6, 6.07) is 0.832. The number of carbonyl (C=O) groups is 2. The number of aromatic nitrogens is 2. The van der Waals surface area contributed by atoms with Gasteiger partial charge in [0.2, 0.25) is 5.82 Å². The van der Waals surface area contributed by atoms with Crippen LogP contribution in [-0.4, -0.2) is 79.1 Å². The molecular formula is C22H40N4O5Si. The maximum Gasteiger partial charge on any atom is 0.410 e. The molecular weight excluding hydrogens is 428 g/mol. The third kappa shape index (κ3) is 7.90. The van der Waals surface area contributed by atoms with Gasteiger partial charge in [0.25, 0.3) is 5.91 Å². The van der Waals surface area contributed by atoms with E-state index in [0.717, 1.165) is 11.7 Å². The summed E-state index contributed by atoms with van der Waals surface area (Å²) in [5.41, 5.74) is 0.308. The molecule has 1 aromatic heterocycles. The van der Waals surface area contributed by atoms with Crippen LogP contribution in [0.4, 0.5) is 4.79 Å². The summed E-state index contributed by atoms with van der Waals surface area (Å²) in [6.07, 6.45) is 1.54. The van der Waals surface area contributed by atoms with Gasteiger partial charge in [-0.1, -0.05) is 19.6 Å². The molecule has 1 aliphatic rings. The standard InChI is InChI=1S/C22H40N4O5Si/c1-16-13-23-19(26(16)15-30-11-12-32(6,7)8)20(27)24-17-9-10-25(14-18(17)29-5)21(28)31-22(2,3)4/h13,17-18H,9-12,14-15H2,1-8H3,(H,24,27). The van der Waals surface area contributed by atoms with Crippen LogP contribution in [-0.2, 0) is 20.9 Å². The monoisotopic (exact) mass is 468 g/mol. The van der Waals surface area contributed by atoms with Gasteiger partial charge in [0.15, 0.2) is 0 Å². The number of ether oxygens (including phenoxy) is 3. The Morgan fingerprint density at radius 3 is 2.56 bits per heavy atom. The molecule has 0 aliphatic carbocycles. The molecule has 32 heavy (non-hydrogen) atoms. The molecule has 0 aromatic carbocycles. The molecule has 182 valence electrons. The van der Waals surface area contributed by atoms with Gasteiger partial charge >= 0.3 is 6.09 Å². The van der Waals surface area contributed by atoms with Gasteiger partial charge in [0, 0.05) is 40.2 Å². The maximum absolute atomic E-state index is 13.0. The Balaban J connectivity index is 1.97. The number of hydrogen-bond donors (Lipinski definition) is 1. The van der Waals surface area contributed by atoms with E-state index in [1.807, 2.05) is 27.7 Å². The number of nitrogens with zero attached hydrogens (tertiary/aromatic N) is 3. The maximum atomic E-state index is 13.0. The number of hydrogen-bond acceptors (Lipinski definition) is 6. The molecule has 1 N–H and O–H groups in total. The summed E-state index contributed by atoms with van der Waals surface area (Å²) in [5.74, 6) is 0.0459. The van der Waals surface area contributed by atoms with Crippen molar-refractivity contribution in [2.45, 2.75) is 84.3 Å². The van der Waals surface area contributed by atoms with Crippen LogP contribution in [0.3, 0.4) is 0 Å². The summed E-state index contributed by atoms with van der Waals surface area (Å²) in [6.45, 7) is 16.1. The number of rotatable bonds is 8. The molecule has 0 saturated carbocycles. The van der Waals surface area contributed by atoms with Crippen molar-refractivity contribution in [3.63, 3.8) is 0 Å². The molecule has 2 amide bonds. The number of aryl methyl sites for hydroxylation is 1. The molecule has 1 fully saturated rings. The zero-order chi connectivity index (χ0) is 24.1. The van der Waals surface area contributed by atoms with Gasteiger partial charge in [0.1, 0.15) is 12.3 Å². The fourth-order valence-electron chi connectivity index (χ4n) is 3.39. The van der Waals surface area contributed by atoms with E-state index in [1.165, 1.54) is 0 Å². The first kappa shape index (κ1) is 26.3. The van der Waals surface area contributed by atoms with Gasteiger partial charge < -0.3 is 29.0 Å². The summed E-state index contributed by atoms with van der Waals surface area (Å²) in [4.78, 5) is 31.3. The lowest BCUT2D eigenvalue weighted by Gasteiger charge is -2.38. The fraction of sp³-hybridized carbons (Fsp3) is 0.773. The minimum atomic E-state index is -1.18. The van der Waals surface area contributed by atoms with Crippen LogP contribution < -0.4 is 5.32 Å². The number of carbonyl (C=O) groups excluding carboxylic acids is 2. The van der Waals surface area contributed by atoms with Gasteiger partial charge in [-0.05, 0) is 40.2 Å². The molecule has 9 nitrogen and oxygen atoms in total. The van der Waals surface area contributed by atoms with Crippen LogP contribution >= 0.6 is 0 Å². The Hall–Kier alpha value is -1.91. The number of nitrogens with one attached hydrogen (secondary N) is 1. The zero-order valence-corrected chi connectivity index (χ0v) is 21.9. The van der Waals surface area contributed by atoms with E-state index in [0.29, 0.717) is 38.7 Å². The zero-order valence-electron chi connectivity index (χ0n) is 20.9. The lowest BCUT2D eigenvalue weighted by atomic mass is 10.0. The van der Waals surface area contributed by atoms with E-state index in [9.17, 15) is 9.59 Å². The smallest absolute Gasteiger partial charge is 0.410 e. The van der Waals surface area contributed by atoms with E-state index in [4.69, 9.17) is 14.2 Å². The highest BCUT2D eigenvalue weighted by Gasteiger charge is 2.35. The van der Waals surface area contributed by atoms with E-state index >= 15 is 0 Å². The van der Waals surface area contributed by atoms with Crippen molar-refractivity contribution in [2.75, 3.05) is 26.8 Å². The molecule has 0 bridgehead atoms. The number of likely N-dealkylation sites (tertiary alicyclic amines) is 1. The van der Waals surface area contributed by atoms with Crippen LogP contribution in [0.25, 0.3) is 0 Å². The average Bonchev–Trinajstić information content (AvgIpc) is 3.04. The Morgan fingerprint density at radius 1 is 1.28 bits per heavy atom. The summed E-state index contributed by atoms with van der Waals surface area (Å²) in [7, 11) is 0.406. The van der Waals surface area contributed by atoms with Gasteiger partial charge in [-0.2, -0.15) is 0 Å². The first-order valence-electron chi connectivity index (χ1n) is 11.2. The van der Waals surface area contributed by atoms with Crippen LogP contribution in [0.5, 0.6) is 0 Å². The third-order valence-corrected chi connectivity index (χ3v) is 7.01. The number of imidazole rings is 1. The molecule has 1 saturated heterocycles. The Labute approximate surface area is 192 Å². The normalized spacial score (nSPS) is 19.7. The summed E-state index contributed by atoms with van der Waals surface area (Å²) < 4.78 is 18.7. The second-order valence-corrected chi connectivity index (χ2v) is 16.2. The molecule has 1 aliphatic heterocycles. The first-order valence-corrected chi connectivity index (χ1v) is 14.9.